The summed E-state index contributed by atoms with van der Waals surface area (Å²) < 4.78 is 39.1. The molecule has 0 aromatic rings. The maximum atomic E-state index is 5.94. The van der Waals surface area contributed by atoms with Crippen LogP contribution in [0.25, 0.3) is 0 Å². The summed E-state index contributed by atoms with van der Waals surface area (Å²) in [5.74, 6) is 0. The van der Waals surface area contributed by atoms with E-state index in [0.29, 0.717) is 59.5 Å². The molecular formula is C19H43NO7Si. The van der Waals surface area contributed by atoms with Crippen molar-refractivity contribution in [1.82, 2.24) is 4.90 Å². The van der Waals surface area contributed by atoms with E-state index in [1.165, 1.54) is 0 Å². The second-order valence-electron chi connectivity index (χ2n) is 6.14. The maximum absolute atomic E-state index is 5.94. The van der Waals surface area contributed by atoms with Gasteiger partial charge in [-0.2, -0.15) is 0 Å². The van der Waals surface area contributed by atoms with Crippen molar-refractivity contribution in [3.05, 3.63) is 0 Å². The van der Waals surface area contributed by atoms with Crippen LogP contribution in [0, 0.1) is 0 Å². The third kappa shape index (κ3) is 14.8. The Hall–Kier alpha value is -0.103. The van der Waals surface area contributed by atoms with Gasteiger partial charge < -0.3 is 32.2 Å². The van der Waals surface area contributed by atoms with Gasteiger partial charge in [0.25, 0.3) is 0 Å². The first-order valence-corrected chi connectivity index (χ1v) is 12.4. The van der Waals surface area contributed by atoms with Crippen LogP contribution in [0.4, 0.5) is 0 Å². The van der Waals surface area contributed by atoms with Crippen molar-refractivity contribution >= 4 is 8.80 Å². The molecule has 0 aromatic heterocycles. The molecule has 0 aromatic carbocycles. The quantitative estimate of drug-likeness (QED) is 0.193. The Labute approximate surface area is 173 Å². The topological polar surface area (TPSA) is 67.9 Å². The highest BCUT2D eigenvalue weighted by Crippen LogP contribution is 2.18. The van der Waals surface area contributed by atoms with Gasteiger partial charge in [-0.05, 0) is 33.7 Å². The van der Waals surface area contributed by atoms with Crippen LogP contribution in [0.1, 0.15) is 27.2 Å². The van der Waals surface area contributed by atoms with Gasteiger partial charge in [-0.1, -0.05) is 0 Å². The standard InChI is InChI=1S/C19H43NO7Si/c1-6-25-28(26-7-2,27-8-3)19-9-10-20(11-13-23-17-15-21-4)12-14-24-18-16-22-5/h6-19H2,1-5H3. The highest BCUT2D eigenvalue weighted by atomic mass is 28.4. The third-order valence-electron chi connectivity index (χ3n) is 4.02. The van der Waals surface area contributed by atoms with Crippen LogP contribution in [0.5, 0.6) is 0 Å². The molecule has 0 unspecified atom stereocenters. The van der Waals surface area contributed by atoms with Crippen LogP contribution in [0.15, 0.2) is 0 Å². The average molecular weight is 426 g/mol. The van der Waals surface area contributed by atoms with E-state index in [-0.39, 0.29) is 0 Å². The summed E-state index contributed by atoms with van der Waals surface area (Å²) >= 11 is 0. The van der Waals surface area contributed by atoms with E-state index in [1.807, 2.05) is 20.8 Å². The van der Waals surface area contributed by atoms with Crippen LogP contribution in [-0.4, -0.2) is 107 Å². The highest BCUT2D eigenvalue weighted by molar-refractivity contribution is 6.60. The van der Waals surface area contributed by atoms with E-state index >= 15 is 0 Å². The fourth-order valence-corrected chi connectivity index (χ4v) is 5.33. The minimum absolute atomic E-state index is 0.608. The molecule has 0 saturated carbocycles. The van der Waals surface area contributed by atoms with E-state index in [1.54, 1.807) is 14.2 Å². The van der Waals surface area contributed by atoms with Crippen molar-refractivity contribution in [2.75, 3.05) is 93.3 Å². The third-order valence-corrected chi connectivity index (χ3v) is 7.17. The number of hydrogen-bond donors (Lipinski definition) is 0. The van der Waals surface area contributed by atoms with E-state index in [9.17, 15) is 0 Å². The lowest BCUT2D eigenvalue weighted by molar-refractivity contribution is 0.0372. The molecule has 0 rings (SSSR count). The Morgan fingerprint density at radius 2 is 1.07 bits per heavy atom. The summed E-state index contributed by atoms with van der Waals surface area (Å²) in [6, 6.07) is 0.814. The Morgan fingerprint density at radius 1 is 0.607 bits per heavy atom. The Bertz CT molecular complexity index is 296. The van der Waals surface area contributed by atoms with Gasteiger partial charge in [0, 0.05) is 53.2 Å². The lowest BCUT2D eigenvalue weighted by atomic mass is 10.4. The van der Waals surface area contributed by atoms with E-state index in [2.05, 4.69) is 4.90 Å². The molecule has 0 radical (unpaired) electrons. The molecule has 0 aliphatic carbocycles. The van der Waals surface area contributed by atoms with Gasteiger partial charge in [0.05, 0.1) is 39.6 Å². The molecule has 0 saturated heterocycles. The number of rotatable bonds is 22. The monoisotopic (exact) mass is 425 g/mol. The Morgan fingerprint density at radius 3 is 1.46 bits per heavy atom. The largest absolute Gasteiger partial charge is 0.500 e. The van der Waals surface area contributed by atoms with Crippen LogP contribution in [0.2, 0.25) is 6.04 Å². The predicted molar refractivity (Wildman–Crippen MR) is 112 cm³/mol. The molecule has 0 N–H and O–H groups in total. The molecule has 0 heterocycles. The van der Waals surface area contributed by atoms with Crippen molar-refractivity contribution in [2.45, 2.75) is 33.2 Å². The average Bonchev–Trinajstić information content (AvgIpc) is 2.67. The highest BCUT2D eigenvalue weighted by Gasteiger charge is 2.39. The van der Waals surface area contributed by atoms with Crippen LogP contribution < -0.4 is 0 Å². The zero-order valence-electron chi connectivity index (χ0n) is 18.7. The van der Waals surface area contributed by atoms with E-state index < -0.39 is 8.80 Å². The molecule has 170 valence electrons. The maximum Gasteiger partial charge on any atom is 0.500 e. The van der Waals surface area contributed by atoms with Gasteiger partial charge in [0.1, 0.15) is 0 Å². The van der Waals surface area contributed by atoms with Gasteiger partial charge in [-0.3, -0.25) is 4.90 Å². The predicted octanol–water partition coefficient (Wildman–Crippen LogP) is 2.05. The number of methoxy groups -OCH3 is 2. The number of ether oxygens (including phenoxy) is 4. The number of nitrogens with zero attached hydrogens (tertiary/aromatic N) is 1. The first kappa shape index (κ1) is 27.9. The fourth-order valence-electron chi connectivity index (χ4n) is 2.73. The first-order valence-electron chi connectivity index (χ1n) is 10.5. The zero-order valence-corrected chi connectivity index (χ0v) is 19.7. The molecule has 0 bridgehead atoms. The van der Waals surface area contributed by atoms with Crippen molar-refractivity contribution in [1.29, 1.82) is 0 Å². The minimum Gasteiger partial charge on any atom is -0.382 e. The second kappa shape index (κ2) is 20.2. The molecule has 0 aliphatic rings. The van der Waals surface area contributed by atoms with Crippen molar-refractivity contribution in [3.63, 3.8) is 0 Å². The Balaban J connectivity index is 4.45. The lowest BCUT2D eigenvalue weighted by Crippen LogP contribution is -2.46. The SMILES string of the molecule is CCO[Si](CCCN(CCOCCOC)CCOCCOC)(OCC)OCC. The van der Waals surface area contributed by atoms with Crippen LogP contribution >= 0.6 is 0 Å². The molecular weight excluding hydrogens is 382 g/mol. The smallest absolute Gasteiger partial charge is 0.382 e. The molecule has 0 atom stereocenters. The number of hydrogen-bond acceptors (Lipinski definition) is 8. The molecule has 0 fully saturated rings. The van der Waals surface area contributed by atoms with Crippen LogP contribution in [-0.2, 0) is 32.2 Å². The molecule has 0 amide bonds. The minimum atomic E-state index is -2.58. The summed E-state index contributed by atoms with van der Waals surface area (Å²) in [5.41, 5.74) is 0. The molecule has 28 heavy (non-hydrogen) atoms. The molecule has 0 spiro atoms. The van der Waals surface area contributed by atoms with Crippen molar-refractivity contribution in [2.24, 2.45) is 0 Å². The van der Waals surface area contributed by atoms with Crippen LogP contribution in [0.3, 0.4) is 0 Å². The van der Waals surface area contributed by atoms with E-state index in [0.717, 1.165) is 32.1 Å². The zero-order chi connectivity index (χ0) is 20.9. The molecule has 0 aliphatic heterocycles. The molecule has 9 heteroatoms. The fraction of sp³-hybridized carbons (Fsp3) is 1.00. The normalized spacial score (nSPS) is 12.2. The lowest BCUT2D eigenvalue weighted by Gasteiger charge is -2.29. The first-order chi connectivity index (χ1) is 13.7. The van der Waals surface area contributed by atoms with Crippen molar-refractivity contribution in [3.8, 4) is 0 Å². The van der Waals surface area contributed by atoms with Crippen molar-refractivity contribution < 1.29 is 32.2 Å². The van der Waals surface area contributed by atoms with Gasteiger partial charge >= 0.3 is 8.80 Å². The Kier molecular flexibility index (Phi) is 20.1. The van der Waals surface area contributed by atoms with E-state index in [4.69, 9.17) is 32.2 Å². The summed E-state index contributed by atoms with van der Waals surface area (Å²) in [5, 5.41) is 0. The van der Waals surface area contributed by atoms with Gasteiger partial charge in [-0.15, -0.1) is 0 Å². The summed E-state index contributed by atoms with van der Waals surface area (Å²) in [6.07, 6.45) is 0.947. The summed E-state index contributed by atoms with van der Waals surface area (Å²) in [7, 11) is 0.775. The van der Waals surface area contributed by atoms with Gasteiger partial charge in [0.2, 0.25) is 0 Å². The van der Waals surface area contributed by atoms with Gasteiger partial charge in [0.15, 0.2) is 0 Å². The van der Waals surface area contributed by atoms with Gasteiger partial charge in [-0.25, -0.2) is 0 Å². The molecule has 8 nitrogen and oxygen atoms in total. The summed E-state index contributed by atoms with van der Waals surface area (Å²) in [6.45, 7) is 14.2. The summed E-state index contributed by atoms with van der Waals surface area (Å²) in [4.78, 5) is 2.35. The second-order valence-corrected chi connectivity index (χ2v) is 8.87.